The van der Waals surface area contributed by atoms with Crippen molar-refractivity contribution >= 4 is 5.97 Å². The number of esters is 1. The standard InChI is InChI=1S/C20H23NO3/c1-13-10-19(15-6-4-3-5-7-15)18(14(2)21-13)9-8-17-11-16(22)12-20(23)24-17/h3-7,10,16-17,22H,8-9,11-12H2,1-2H3/t16-,17-/m0/s1. The highest BCUT2D eigenvalue weighted by molar-refractivity contribution is 5.71. The molecule has 24 heavy (non-hydrogen) atoms. The summed E-state index contributed by atoms with van der Waals surface area (Å²) in [6.07, 6.45) is 1.30. The Morgan fingerprint density at radius 3 is 2.71 bits per heavy atom. The molecule has 0 spiro atoms. The Hall–Kier alpha value is -2.20. The summed E-state index contributed by atoms with van der Waals surface area (Å²) < 4.78 is 5.37. The first-order valence-corrected chi connectivity index (χ1v) is 8.43. The van der Waals surface area contributed by atoms with Crippen molar-refractivity contribution in [3.05, 3.63) is 53.3 Å². The average molecular weight is 325 g/mol. The number of cyclic esters (lactones) is 1. The van der Waals surface area contributed by atoms with E-state index in [0.29, 0.717) is 12.8 Å². The molecule has 0 amide bonds. The molecule has 4 nitrogen and oxygen atoms in total. The minimum Gasteiger partial charge on any atom is -0.462 e. The molecule has 2 heterocycles. The Kier molecular flexibility index (Phi) is 4.95. The van der Waals surface area contributed by atoms with Crippen molar-refractivity contribution in [1.29, 1.82) is 0 Å². The van der Waals surface area contributed by atoms with E-state index in [1.807, 2.05) is 32.0 Å². The number of aryl methyl sites for hydroxylation is 2. The Morgan fingerprint density at radius 1 is 1.25 bits per heavy atom. The Bertz CT molecular complexity index is 727. The number of aliphatic hydroxyl groups excluding tert-OH is 1. The van der Waals surface area contributed by atoms with Gasteiger partial charge in [-0.2, -0.15) is 0 Å². The van der Waals surface area contributed by atoms with E-state index in [-0.39, 0.29) is 18.5 Å². The zero-order chi connectivity index (χ0) is 17.1. The highest BCUT2D eigenvalue weighted by atomic mass is 16.5. The first kappa shape index (κ1) is 16.7. The summed E-state index contributed by atoms with van der Waals surface area (Å²) in [5, 5.41) is 9.76. The quantitative estimate of drug-likeness (QED) is 0.876. The molecule has 0 aliphatic carbocycles. The lowest BCUT2D eigenvalue weighted by molar-refractivity contribution is -0.160. The van der Waals surface area contributed by atoms with Crippen LogP contribution in [-0.2, 0) is 16.0 Å². The van der Waals surface area contributed by atoms with E-state index in [9.17, 15) is 9.90 Å². The van der Waals surface area contributed by atoms with Crippen LogP contribution in [0.5, 0.6) is 0 Å². The maximum absolute atomic E-state index is 11.5. The Labute approximate surface area is 142 Å². The summed E-state index contributed by atoms with van der Waals surface area (Å²) in [5.41, 5.74) is 5.54. The molecule has 1 N–H and O–H groups in total. The molecule has 0 saturated carbocycles. The van der Waals surface area contributed by atoms with E-state index < -0.39 is 6.10 Å². The molecule has 0 radical (unpaired) electrons. The van der Waals surface area contributed by atoms with Crippen molar-refractivity contribution in [2.75, 3.05) is 0 Å². The fourth-order valence-corrected chi connectivity index (χ4v) is 3.39. The summed E-state index contributed by atoms with van der Waals surface area (Å²) in [6.45, 7) is 4.03. The van der Waals surface area contributed by atoms with Gasteiger partial charge in [0.25, 0.3) is 0 Å². The van der Waals surface area contributed by atoms with Crippen molar-refractivity contribution in [2.45, 2.75) is 51.7 Å². The lowest BCUT2D eigenvalue weighted by Crippen LogP contribution is -2.32. The van der Waals surface area contributed by atoms with Gasteiger partial charge in [-0.1, -0.05) is 30.3 Å². The molecule has 0 bridgehead atoms. The van der Waals surface area contributed by atoms with Gasteiger partial charge >= 0.3 is 5.97 Å². The number of benzene rings is 1. The lowest BCUT2D eigenvalue weighted by atomic mass is 9.92. The fraction of sp³-hybridized carbons (Fsp3) is 0.400. The van der Waals surface area contributed by atoms with E-state index in [2.05, 4.69) is 23.2 Å². The maximum atomic E-state index is 11.5. The van der Waals surface area contributed by atoms with E-state index in [0.717, 1.165) is 17.8 Å². The predicted octanol–water partition coefficient (Wildman–Crippen LogP) is 3.36. The maximum Gasteiger partial charge on any atom is 0.308 e. The second-order valence-corrected chi connectivity index (χ2v) is 6.49. The molecular weight excluding hydrogens is 302 g/mol. The second-order valence-electron chi connectivity index (χ2n) is 6.49. The molecule has 0 unspecified atom stereocenters. The first-order valence-electron chi connectivity index (χ1n) is 8.43. The lowest BCUT2D eigenvalue weighted by Gasteiger charge is -2.26. The molecule has 126 valence electrons. The number of ether oxygens (including phenoxy) is 1. The van der Waals surface area contributed by atoms with Gasteiger partial charge < -0.3 is 9.84 Å². The van der Waals surface area contributed by atoms with E-state index in [4.69, 9.17) is 4.74 Å². The van der Waals surface area contributed by atoms with Crippen LogP contribution < -0.4 is 0 Å². The van der Waals surface area contributed by atoms with Gasteiger partial charge in [-0.15, -0.1) is 0 Å². The summed E-state index contributed by atoms with van der Waals surface area (Å²) in [7, 11) is 0. The summed E-state index contributed by atoms with van der Waals surface area (Å²) in [4.78, 5) is 16.1. The van der Waals surface area contributed by atoms with Gasteiger partial charge in [0, 0.05) is 17.8 Å². The summed E-state index contributed by atoms with van der Waals surface area (Å²) in [6, 6.07) is 12.4. The van der Waals surface area contributed by atoms with Gasteiger partial charge in [-0.25, -0.2) is 0 Å². The molecule has 4 heteroatoms. The minimum atomic E-state index is -0.581. The van der Waals surface area contributed by atoms with Crippen molar-refractivity contribution in [2.24, 2.45) is 0 Å². The number of carbonyl (C=O) groups is 1. The van der Waals surface area contributed by atoms with Gasteiger partial charge in [-0.3, -0.25) is 9.78 Å². The molecule has 2 aromatic rings. The van der Waals surface area contributed by atoms with Crippen LogP contribution in [0.15, 0.2) is 36.4 Å². The third-order valence-electron chi connectivity index (χ3n) is 4.50. The van der Waals surface area contributed by atoms with Crippen LogP contribution in [0.3, 0.4) is 0 Å². The van der Waals surface area contributed by atoms with Crippen LogP contribution in [0.2, 0.25) is 0 Å². The van der Waals surface area contributed by atoms with Gasteiger partial charge in [-0.05, 0) is 49.4 Å². The molecule has 3 rings (SSSR count). The molecule has 1 aliphatic rings. The number of hydrogen-bond acceptors (Lipinski definition) is 4. The smallest absolute Gasteiger partial charge is 0.308 e. The van der Waals surface area contributed by atoms with Gasteiger partial charge in [0.1, 0.15) is 6.10 Å². The van der Waals surface area contributed by atoms with Gasteiger partial charge in [0.2, 0.25) is 0 Å². The largest absolute Gasteiger partial charge is 0.462 e. The Balaban J connectivity index is 1.84. The van der Waals surface area contributed by atoms with Crippen LogP contribution in [0.4, 0.5) is 0 Å². The molecule has 1 saturated heterocycles. The average Bonchev–Trinajstić information content (AvgIpc) is 2.53. The van der Waals surface area contributed by atoms with Crippen molar-refractivity contribution in [3.8, 4) is 11.1 Å². The molecule has 1 aromatic heterocycles. The predicted molar refractivity (Wildman–Crippen MR) is 92.6 cm³/mol. The van der Waals surface area contributed by atoms with Crippen LogP contribution in [-0.4, -0.2) is 28.3 Å². The zero-order valence-corrected chi connectivity index (χ0v) is 14.2. The molecule has 1 aromatic carbocycles. The third-order valence-corrected chi connectivity index (χ3v) is 4.50. The number of hydrogen-bond donors (Lipinski definition) is 1. The first-order chi connectivity index (χ1) is 11.5. The monoisotopic (exact) mass is 325 g/mol. The van der Waals surface area contributed by atoms with Crippen LogP contribution in [0, 0.1) is 13.8 Å². The zero-order valence-electron chi connectivity index (χ0n) is 14.2. The molecule has 1 aliphatic heterocycles. The van der Waals surface area contributed by atoms with E-state index in [1.54, 1.807) is 0 Å². The number of aliphatic hydroxyl groups is 1. The third kappa shape index (κ3) is 3.82. The van der Waals surface area contributed by atoms with Crippen LogP contribution >= 0.6 is 0 Å². The van der Waals surface area contributed by atoms with Crippen LogP contribution in [0.1, 0.15) is 36.2 Å². The topological polar surface area (TPSA) is 59.4 Å². The molecular formula is C20H23NO3. The van der Waals surface area contributed by atoms with Crippen molar-refractivity contribution < 1.29 is 14.6 Å². The summed E-state index contributed by atoms with van der Waals surface area (Å²) >= 11 is 0. The Morgan fingerprint density at radius 2 is 2.00 bits per heavy atom. The van der Waals surface area contributed by atoms with Gasteiger partial charge in [0.05, 0.1) is 12.5 Å². The molecule has 2 atom stereocenters. The number of carbonyl (C=O) groups excluding carboxylic acids is 1. The minimum absolute atomic E-state index is 0.108. The summed E-state index contributed by atoms with van der Waals surface area (Å²) in [5.74, 6) is -0.305. The SMILES string of the molecule is Cc1cc(-c2ccccc2)c(CC[C@H]2C[C@H](O)CC(=O)O2)c(C)n1. The van der Waals surface area contributed by atoms with E-state index >= 15 is 0 Å². The number of rotatable bonds is 4. The highest BCUT2D eigenvalue weighted by Crippen LogP contribution is 2.29. The number of nitrogens with zero attached hydrogens (tertiary/aromatic N) is 1. The van der Waals surface area contributed by atoms with Gasteiger partial charge in [0.15, 0.2) is 0 Å². The molecule has 1 fully saturated rings. The number of pyridine rings is 1. The van der Waals surface area contributed by atoms with Crippen LogP contribution in [0.25, 0.3) is 11.1 Å². The van der Waals surface area contributed by atoms with Crippen molar-refractivity contribution in [3.63, 3.8) is 0 Å². The number of aromatic nitrogens is 1. The highest BCUT2D eigenvalue weighted by Gasteiger charge is 2.27. The van der Waals surface area contributed by atoms with Crippen molar-refractivity contribution in [1.82, 2.24) is 4.98 Å². The second kappa shape index (κ2) is 7.14. The van der Waals surface area contributed by atoms with E-state index in [1.165, 1.54) is 16.7 Å². The fourth-order valence-electron chi connectivity index (χ4n) is 3.39. The normalized spacial score (nSPS) is 20.7.